The average Bonchev–Trinajstić information content (AvgIpc) is 2.91. The predicted octanol–water partition coefficient (Wildman–Crippen LogP) is 3.89. The average molecular weight is 328 g/mol. The Bertz CT molecular complexity index is 704. The molecule has 1 unspecified atom stereocenters. The van der Waals surface area contributed by atoms with Crippen LogP contribution in [0.15, 0.2) is 28.8 Å². The minimum absolute atomic E-state index is 0.0524. The van der Waals surface area contributed by atoms with Crippen molar-refractivity contribution >= 4 is 5.91 Å². The highest BCUT2D eigenvalue weighted by molar-refractivity contribution is 5.97. The van der Waals surface area contributed by atoms with Crippen LogP contribution in [0.1, 0.15) is 53.6 Å². The van der Waals surface area contributed by atoms with E-state index in [9.17, 15) is 4.79 Å². The van der Waals surface area contributed by atoms with Gasteiger partial charge in [-0.1, -0.05) is 17.3 Å². The molecule has 0 radical (unpaired) electrons. The number of para-hydroxylation sites is 1. The van der Waals surface area contributed by atoms with Crippen LogP contribution in [0.2, 0.25) is 0 Å². The van der Waals surface area contributed by atoms with Crippen molar-refractivity contribution in [3.05, 3.63) is 46.8 Å². The number of carbonyl (C=O) groups excluding carboxylic acids is 1. The first-order valence-corrected chi connectivity index (χ1v) is 8.52. The van der Waals surface area contributed by atoms with E-state index in [2.05, 4.69) is 12.1 Å². The Morgan fingerprint density at radius 2 is 2.12 bits per heavy atom. The molecule has 1 atom stereocenters. The van der Waals surface area contributed by atoms with E-state index in [1.54, 1.807) is 0 Å². The smallest absolute Gasteiger partial charge is 0.257 e. The molecular formula is C19H24N2O3. The molecule has 1 aromatic carbocycles. The van der Waals surface area contributed by atoms with Crippen molar-refractivity contribution in [3.8, 4) is 5.75 Å². The van der Waals surface area contributed by atoms with Crippen LogP contribution < -0.4 is 4.74 Å². The summed E-state index contributed by atoms with van der Waals surface area (Å²) in [5.41, 5.74) is 2.38. The van der Waals surface area contributed by atoms with E-state index < -0.39 is 0 Å². The maximum Gasteiger partial charge on any atom is 0.257 e. The molecule has 1 saturated heterocycles. The van der Waals surface area contributed by atoms with Crippen molar-refractivity contribution in [3.63, 3.8) is 0 Å². The summed E-state index contributed by atoms with van der Waals surface area (Å²) < 4.78 is 11.1. The zero-order valence-electron chi connectivity index (χ0n) is 14.5. The predicted molar refractivity (Wildman–Crippen MR) is 91.1 cm³/mol. The van der Waals surface area contributed by atoms with Gasteiger partial charge in [-0.3, -0.25) is 4.79 Å². The molecule has 24 heavy (non-hydrogen) atoms. The molecule has 2 heterocycles. The Kier molecular flexibility index (Phi) is 4.88. The molecule has 5 nitrogen and oxygen atoms in total. The summed E-state index contributed by atoms with van der Waals surface area (Å²) in [6, 6.07) is 7.73. The minimum atomic E-state index is 0.0524. The number of aromatic nitrogens is 1. The highest BCUT2D eigenvalue weighted by atomic mass is 16.5. The molecule has 0 N–H and O–H groups in total. The third-order valence-corrected chi connectivity index (χ3v) is 4.73. The number of likely N-dealkylation sites (tertiary alicyclic amines) is 1. The standard InChI is InChI=1S/C19H24N2O3/c1-13-8-6-7-11-21(13)19(22)16-9-4-5-10-18(16)23-12-17-14(2)20-24-15(17)3/h4-5,9-10,13H,6-8,11-12H2,1-3H3. The number of rotatable bonds is 4. The van der Waals surface area contributed by atoms with E-state index in [0.717, 1.165) is 36.4 Å². The fourth-order valence-electron chi connectivity index (χ4n) is 3.18. The second-order valence-corrected chi connectivity index (χ2v) is 6.43. The molecule has 1 aliphatic heterocycles. The monoisotopic (exact) mass is 328 g/mol. The lowest BCUT2D eigenvalue weighted by Gasteiger charge is -2.33. The first kappa shape index (κ1) is 16.6. The van der Waals surface area contributed by atoms with Crippen LogP contribution in [-0.2, 0) is 6.61 Å². The Balaban J connectivity index is 1.79. The second kappa shape index (κ2) is 7.07. The quantitative estimate of drug-likeness (QED) is 0.854. The number of benzene rings is 1. The number of hydrogen-bond acceptors (Lipinski definition) is 4. The van der Waals surface area contributed by atoms with Gasteiger partial charge in [-0.2, -0.15) is 0 Å². The second-order valence-electron chi connectivity index (χ2n) is 6.43. The highest BCUT2D eigenvalue weighted by Gasteiger charge is 2.26. The van der Waals surface area contributed by atoms with Crippen molar-refractivity contribution in [1.29, 1.82) is 0 Å². The lowest BCUT2D eigenvalue weighted by Crippen LogP contribution is -2.42. The van der Waals surface area contributed by atoms with Crippen LogP contribution in [0.3, 0.4) is 0 Å². The first-order valence-electron chi connectivity index (χ1n) is 8.52. The van der Waals surface area contributed by atoms with Crippen LogP contribution >= 0.6 is 0 Å². The topological polar surface area (TPSA) is 55.6 Å². The fraction of sp³-hybridized carbons (Fsp3) is 0.474. The van der Waals surface area contributed by atoms with Gasteiger partial charge in [0.2, 0.25) is 0 Å². The lowest BCUT2D eigenvalue weighted by molar-refractivity contribution is 0.0631. The molecular weight excluding hydrogens is 304 g/mol. The molecule has 2 aromatic rings. The van der Waals surface area contributed by atoms with Gasteiger partial charge in [0.25, 0.3) is 5.91 Å². The fourth-order valence-corrected chi connectivity index (χ4v) is 3.18. The van der Waals surface area contributed by atoms with Gasteiger partial charge in [0, 0.05) is 12.6 Å². The number of aryl methyl sites for hydroxylation is 2. The molecule has 3 rings (SSSR count). The number of piperidine rings is 1. The Hall–Kier alpha value is -2.30. The maximum atomic E-state index is 12.9. The number of amides is 1. The maximum absolute atomic E-state index is 12.9. The number of ether oxygens (including phenoxy) is 1. The van der Waals surface area contributed by atoms with E-state index in [4.69, 9.17) is 9.26 Å². The molecule has 5 heteroatoms. The highest BCUT2D eigenvalue weighted by Crippen LogP contribution is 2.26. The molecule has 1 aromatic heterocycles. The van der Waals surface area contributed by atoms with Crippen LogP contribution in [0.25, 0.3) is 0 Å². The largest absolute Gasteiger partial charge is 0.488 e. The Morgan fingerprint density at radius 3 is 2.83 bits per heavy atom. The van der Waals surface area contributed by atoms with Crippen molar-refractivity contribution in [2.75, 3.05) is 6.54 Å². The van der Waals surface area contributed by atoms with Gasteiger partial charge < -0.3 is 14.2 Å². The van der Waals surface area contributed by atoms with Crippen molar-refractivity contribution in [2.45, 2.75) is 52.7 Å². The third kappa shape index (κ3) is 3.30. The SMILES string of the molecule is Cc1noc(C)c1COc1ccccc1C(=O)N1CCCCC1C. The van der Waals surface area contributed by atoms with Gasteiger partial charge in [0.1, 0.15) is 18.1 Å². The number of nitrogens with zero attached hydrogens (tertiary/aromatic N) is 2. The van der Waals surface area contributed by atoms with Crippen LogP contribution in [0.4, 0.5) is 0 Å². The van der Waals surface area contributed by atoms with Crippen molar-refractivity contribution < 1.29 is 14.1 Å². The normalized spacial score (nSPS) is 17.8. The zero-order chi connectivity index (χ0) is 17.1. The van der Waals surface area contributed by atoms with Crippen molar-refractivity contribution in [2.24, 2.45) is 0 Å². The zero-order valence-corrected chi connectivity index (χ0v) is 14.5. The summed E-state index contributed by atoms with van der Waals surface area (Å²) in [7, 11) is 0. The summed E-state index contributed by atoms with van der Waals surface area (Å²) in [6.45, 7) is 7.04. The summed E-state index contributed by atoms with van der Waals surface area (Å²) in [4.78, 5) is 14.9. The van der Waals surface area contributed by atoms with Crippen LogP contribution in [0, 0.1) is 13.8 Å². The van der Waals surface area contributed by atoms with Crippen LogP contribution in [-0.4, -0.2) is 28.6 Å². The summed E-state index contributed by atoms with van der Waals surface area (Å²) in [5, 5.41) is 3.94. The van der Waals surface area contributed by atoms with E-state index >= 15 is 0 Å². The van der Waals surface area contributed by atoms with Gasteiger partial charge in [-0.25, -0.2) is 0 Å². The summed E-state index contributed by atoms with van der Waals surface area (Å²) in [6.07, 6.45) is 3.32. The molecule has 1 aliphatic rings. The molecule has 1 fully saturated rings. The van der Waals surface area contributed by atoms with Crippen LogP contribution in [0.5, 0.6) is 5.75 Å². The molecule has 1 amide bonds. The molecule has 0 spiro atoms. The summed E-state index contributed by atoms with van der Waals surface area (Å²) in [5.74, 6) is 1.41. The number of carbonyl (C=O) groups is 1. The van der Waals surface area contributed by atoms with Gasteiger partial charge in [0.05, 0.1) is 16.8 Å². The number of hydrogen-bond donors (Lipinski definition) is 0. The minimum Gasteiger partial charge on any atom is -0.488 e. The van der Waals surface area contributed by atoms with E-state index in [1.807, 2.05) is 43.0 Å². The molecule has 128 valence electrons. The Morgan fingerprint density at radius 1 is 1.33 bits per heavy atom. The van der Waals surface area contributed by atoms with Crippen molar-refractivity contribution in [1.82, 2.24) is 10.1 Å². The van der Waals surface area contributed by atoms with Gasteiger partial charge >= 0.3 is 0 Å². The van der Waals surface area contributed by atoms with Gasteiger partial charge in [0.15, 0.2) is 0 Å². The Labute approximate surface area is 142 Å². The first-order chi connectivity index (χ1) is 11.6. The lowest BCUT2D eigenvalue weighted by atomic mass is 10.0. The van der Waals surface area contributed by atoms with E-state index in [-0.39, 0.29) is 11.9 Å². The van der Waals surface area contributed by atoms with Gasteiger partial charge in [-0.15, -0.1) is 0 Å². The molecule has 0 saturated carbocycles. The third-order valence-electron chi connectivity index (χ3n) is 4.73. The van der Waals surface area contributed by atoms with E-state index in [1.165, 1.54) is 6.42 Å². The molecule has 0 aliphatic carbocycles. The van der Waals surface area contributed by atoms with Gasteiger partial charge in [-0.05, 0) is 52.2 Å². The molecule has 0 bridgehead atoms. The summed E-state index contributed by atoms with van der Waals surface area (Å²) >= 11 is 0. The van der Waals surface area contributed by atoms with E-state index in [0.29, 0.717) is 17.9 Å².